The highest BCUT2D eigenvalue weighted by atomic mass is 35.5. The lowest BCUT2D eigenvalue weighted by molar-refractivity contribution is 0.691. The Morgan fingerprint density at radius 2 is 2.29 bits per heavy atom. The SMILES string of the molecule is CC(CCCCl)Nc1ncnc2c1cnn2C. The van der Waals surface area contributed by atoms with Gasteiger partial charge in [0.1, 0.15) is 12.1 Å². The summed E-state index contributed by atoms with van der Waals surface area (Å²) in [6.45, 7) is 2.12. The molecule has 2 rings (SSSR count). The maximum absolute atomic E-state index is 5.68. The van der Waals surface area contributed by atoms with Crippen molar-refractivity contribution in [1.82, 2.24) is 19.7 Å². The zero-order valence-corrected chi connectivity index (χ0v) is 10.8. The van der Waals surface area contributed by atoms with E-state index in [1.807, 2.05) is 7.05 Å². The fourth-order valence-electron chi connectivity index (χ4n) is 1.77. The van der Waals surface area contributed by atoms with Crippen molar-refractivity contribution in [3.63, 3.8) is 0 Å². The van der Waals surface area contributed by atoms with Gasteiger partial charge in [-0.15, -0.1) is 11.6 Å². The maximum atomic E-state index is 5.68. The molecule has 0 aliphatic heterocycles. The van der Waals surface area contributed by atoms with Crippen LogP contribution in [0.1, 0.15) is 19.8 Å². The first-order chi connectivity index (χ1) is 8.22. The Labute approximate surface area is 105 Å². The van der Waals surface area contributed by atoms with Gasteiger partial charge in [-0.25, -0.2) is 9.97 Å². The van der Waals surface area contributed by atoms with Crippen molar-refractivity contribution >= 4 is 28.5 Å². The van der Waals surface area contributed by atoms with E-state index in [4.69, 9.17) is 11.6 Å². The Bertz CT molecular complexity index is 496. The number of anilines is 1. The fourth-order valence-corrected chi connectivity index (χ4v) is 1.92. The van der Waals surface area contributed by atoms with Crippen LogP contribution in [0.25, 0.3) is 11.0 Å². The number of halogens is 1. The van der Waals surface area contributed by atoms with E-state index in [0.717, 1.165) is 29.7 Å². The molecule has 0 aliphatic rings. The molecule has 0 saturated heterocycles. The Hall–Kier alpha value is -1.36. The molecular weight excluding hydrogens is 238 g/mol. The molecule has 0 aromatic carbocycles. The van der Waals surface area contributed by atoms with Gasteiger partial charge in [0.25, 0.3) is 0 Å². The smallest absolute Gasteiger partial charge is 0.163 e. The van der Waals surface area contributed by atoms with E-state index in [-0.39, 0.29) is 0 Å². The number of hydrogen-bond donors (Lipinski definition) is 1. The molecule has 2 heterocycles. The minimum atomic E-state index is 0.340. The third-order valence-electron chi connectivity index (χ3n) is 2.68. The molecule has 1 unspecified atom stereocenters. The molecule has 1 atom stereocenters. The summed E-state index contributed by atoms with van der Waals surface area (Å²) >= 11 is 5.68. The Balaban J connectivity index is 2.18. The number of alkyl halides is 1. The number of hydrogen-bond acceptors (Lipinski definition) is 4. The van der Waals surface area contributed by atoms with Crippen molar-refractivity contribution in [3.8, 4) is 0 Å². The molecule has 2 aromatic heterocycles. The van der Waals surface area contributed by atoms with E-state index in [2.05, 4.69) is 27.3 Å². The van der Waals surface area contributed by atoms with E-state index in [1.165, 1.54) is 0 Å². The summed E-state index contributed by atoms with van der Waals surface area (Å²) in [7, 11) is 1.87. The standard InChI is InChI=1S/C11H16ClN5/c1-8(4-3-5-12)16-10-9-6-15-17(2)11(9)14-7-13-10/h6-8H,3-5H2,1-2H3,(H,13,14,16). The predicted octanol–water partition coefficient (Wildman–Crippen LogP) is 2.18. The van der Waals surface area contributed by atoms with Gasteiger partial charge in [-0.1, -0.05) is 0 Å². The minimum Gasteiger partial charge on any atom is -0.367 e. The summed E-state index contributed by atoms with van der Waals surface area (Å²) in [6.07, 6.45) is 5.36. The molecule has 0 bridgehead atoms. The van der Waals surface area contributed by atoms with Crippen molar-refractivity contribution in [2.75, 3.05) is 11.2 Å². The van der Waals surface area contributed by atoms with Crippen molar-refractivity contribution in [2.45, 2.75) is 25.8 Å². The highest BCUT2D eigenvalue weighted by Crippen LogP contribution is 2.19. The molecule has 92 valence electrons. The van der Waals surface area contributed by atoms with E-state index >= 15 is 0 Å². The first-order valence-corrected chi connectivity index (χ1v) is 6.21. The molecule has 0 saturated carbocycles. The van der Waals surface area contributed by atoms with Crippen LogP contribution in [-0.4, -0.2) is 31.7 Å². The minimum absolute atomic E-state index is 0.340. The Kier molecular flexibility index (Phi) is 3.78. The quantitative estimate of drug-likeness (QED) is 0.830. The van der Waals surface area contributed by atoms with Crippen LogP contribution in [0.2, 0.25) is 0 Å². The molecule has 0 amide bonds. The van der Waals surface area contributed by atoms with Crippen LogP contribution in [0.5, 0.6) is 0 Å². The molecule has 0 fully saturated rings. The summed E-state index contributed by atoms with van der Waals surface area (Å²) < 4.78 is 1.74. The van der Waals surface area contributed by atoms with Crippen LogP contribution in [0.15, 0.2) is 12.5 Å². The normalized spacial score (nSPS) is 12.9. The van der Waals surface area contributed by atoms with E-state index in [9.17, 15) is 0 Å². The highest BCUT2D eigenvalue weighted by molar-refractivity contribution is 6.17. The van der Waals surface area contributed by atoms with E-state index in [0.29, 0.717) is 11.9 Å². The molecule has 0 radical (unpaired) electrons. The van der Waals surface area contributed by atoms with Crippen molar-refractivity contribution in [2.24, 2.45) is 7.05 Å². The number of aryl methyl sites for hydroxylation is 1. The van der Waals surface area contributed by atoms with Gasteiger partial charge in [0.05, 0.1) is 11.6 Å². The molecule has 0 spiro atoms. The molecule has 6 heteroatoms. The summed E-state index contributed by atoms with van der Waals surface area (Å²) in [5.74, 6) is 1.53. The average Bonchev–Trinajstić information content (AvgIpc) is 2.70. The largest absolute Gasteiger partial charge is 0.367 e. The Morgan fingerprint density at radius 1 is 1.47 bits per heavy atom. The fraction of sp³-hybridized carbons (Fsp3) is 0.545. The molecule has 0 aliphatic carbocycles. The number of nitrogens with zero attached hydrogens (tertiary/aromatic N) is 4. The zero-order chi connectivity index (χ0) is 12.3. The first kappa shape index (κ1) is 12.1. The van der Waals surface area contributed by atoms with Gasteiger partial charge < -0.3 is 5.32 Å². The molecule has 1 N–H and O–H groups in total. The van der Waals surface area contributed by atoms with Crippen molar-refractivity contribution in [3.05, 3.63) is 12.5 Å². The number of nitrogens with one attached hydrogen (secondary N) is 1. The second-order valence-electron chi connectivity index (χ2n) is 4.10. The van der Waals surface area contributed by atoms with Crippen molar-refractivity contribution < 1.29 is 0 Å². The molecule has 17 heavy (non-hydrogen) atoms. The summed E-state index contributed by atoms with van der Waals surface area (Å²) in [4.78, 5) is 8.46. The van der Waals surface area contributed by atoms with Gasteiger partial charge in [0.15, 0.2) is 5.65 Å². The topological polar surface area (TPSA) is 55.6 Å². The third-order valence-corrected chi connectivity index (χ3v) is 2.95. The second-order valence-corrected chi connectivity index (χ2v) is 4.48. The van der Waals surface area contributed by atoms with Crippen LogP contribution in [-0.2, 0) is 7.05 Å². The number of fused-ring (bicyclic) bond motifs is 1. The van der Waals surface area contributed by atoms with Gasteiger partial charge in [-0.2, -0.15) is 5.10 Å². The van der Waals surface area contributed by atoms with Crippen LogP contribution in [0, 0.1) is 0 Å². The summed E-state index contributed by atoms with van der Waals surface area (Å²) in [6, 6.07) is 0.340. The second kappa shape index (κ2) is 5.31. The maximum Gasteiger partial charge on any atom is 0.163 e. The van der Waals surface area contributed by atoms with Crippen LogP contribution < -0.4 is 5.32 Å². The van der Waals surface area contributed by atoms with Crippen molar-refractivity contribution in [1.29, 1.82) is 0 Å². The van der Waals surface area contributed by atoms with Crippen LogP contribution in [0.4, 0.5) is 5.82 Å². The van der Waals surface area contributed by atoms with Gasteiger partial charge in [-0.05, 0) is 19.8 Å². The molecular formula is C11H16ClN5. The number of aromatic nitrogens is 4. The summed E-state index contributed by atoms with van der Waals surface area (Å²) in [5, 5.41) is 8.50. The lowest BCUT2D eigenvalue weighted by Crippen LogP contribution is -2.16. The zero-order valence-electron chi connectivity index (χ0n) is 10.0. The van der Waals surface area contributed by atoms with Gasteiger partial charge in [-0.3, -0.25) is 4.68 Å². The third kappa shape index (κ3) is 2.66. The highest BCUT2D eigenvalue weighted by Gasteiger charge is 2.09. The average molecular weight is 254 g/mol. The summed E-state index contributed by atoms with van der Waals surface area (Å²) in [5.41, 5.74) is 0.840. The van der Waals surface area contributed by atoms with Gasteiger partial charge in [0.2, 0.25) is 0 Å². The van der Waals surface area contributed by atoms with Crippen LogP contribution >= 0.6 is 11.6 Å². The first-order valence-electron chi connectivity index (χ1n) is 5.67. The predicted molar refractivity (Wildman–Crippen MR) is 69.3 cm³/mol. The molecule has 2 aromatic rings. The van der Waals surface area contributed by atoms with E-state index in [1.54, 1.807) is 17.2 Å². The van der Waals surface area contributed by atoms with Crippen LogP contribution in [0.3, 0.4) is 0 Å². The Morgan fingerprint density at radius 3 is 3.06 bits per heavy atom. The van der Waals surface area contributed by atoms with E-state index < -0.39 is 0 Å². The van der Waals surface area contributed by atoms with Gasteiger partial charge in [0, 0.05) is 19.0 Å². The lowest BCUT2D eigenvalue weighted by Gasteiger charge is -2.13. The monoisotopic (exact) mass is 253 g/mol. The lowest BCUT2D eigenvalue weighted by atomic mass is 10.2. The number of rotatable bonds is 5. The molecule has 5 nitrogen and oxygen atoms in total. The van der Waals surface area contributed by atoms with Gasteiger partial charge >= 0.3 is 0 Å².